The predicted octanol–water partition coefficient (Wildman–Crippen LogP) is 1.96. The zero-order valence-electron chi connectivity index (χ0n) is 13.1. The fraction of sp³-hybridized carbons (Fsp3) is 0.438. The van der Waals surface area contributed by atoms with E-state index < -0.39 is 5.54 Å². The minimum Gasteiger partial charge on any atom is -0.493 e. The summed E-state index contributed by atoms with van der Waals surface area (Å²) in [5.74, 6) is 0.910. The molecule has 21 heavy (non-hydrogen) atoms. The van der Waals surface area contributed by atoms with Gasteiger partial charge in [0.25, 0.3) is 5.91 Å². The number of carbonyl (C=O) groups is 1. The molecule has 0 bridgehead atoms. The van der Waals surface area contributed by atoms with E-state index in [0.29, 0.717) is 18.0 Å². The summed E-state index contributed by atoms with van der Waals surface area (Å²) in [6.45, 7) is 5.94. The Kier molecular flexibility index (Phi) is 6.24. The first kappa shape index (κ1) is 17.0. The number of carbonyl (C=O) groups excluding carboxylic acids is 1. The second kappa shape index (κ2) is 7.69. The van der Waals surface area contributed by atoms with E-state index >= 15 is 0 Å². The summed E-state index contributed by atoms with van der Waals surface area (Å²) in [5.41, 5.74) is 6.14. The molecular formula is C16H24N2O3. The standard InChI is InChI=1S/C16H24N2O3/c1-5-6-12-7-8-13(14(9-12)20-4)21-10-15(19)18-16(2,3)11-17/h5-9H,10-11,17H2,1-4H3,(H,18,19)/b6-5+. The lowest BCUT2D eigenvalue weighted by molar-refractivity contribution is -0.124. The Morgan fingerprint density at radius 1 is 1.38 bits per heavy atom. The molecular weight excluding hydrogens is 268 g/mol. The summed E-state index contributed by atoms with van der Waals surface area (Å²) in [4.78, 5) is 11.8. The number of ether oxygens (including phenoxy) is 2. The summed E-state index contributed by atoms with van der Waals surface area (Å²) in [6.07, 6.45) is 3.90. The molecule has 1 amide bonds. The number of rotatable bonds is 7. The van der Waals surface area contributed by atoms with Gasteiger partial charge in [0.05, 0.1) is 7.11 Å². The SMILES string of the molecule is C/C=C/c1ccc(OCC(=O)NC(C)(C)CN)c(OC)c1. The highest BCUT2D eigenvalue weighted by Crippen LogP contribution is 2.28. The molecule has 5 nitrogen and oxygen atoms in total. The van der Waals surface area contributed by atoms with Crippen molar-refractivity contribution in [2.45, 2.75) is 26.3 Å². The van der Waals surface area contributed by atoms with Crippen molar-refractivity contribution in [1.29, 1.82) is 0 Å². The fourth-order valence-corrected chi connectivity index (χ4v) is 1.71. The van der Waals surface area contributed by atoms with E-state index in [2.05, 4.69) is 5.32 Å². The van der Waals surface area contributed by atoms with Gasteiger partial charge < -0.3 is 20.5 Å². The second-order valence-corrected chi connectivity index (χ2v) is 5.34. The molecule has 0 aromatic heterocycles. The number of benzene rings is 1. The normalized spacial score (nSPS) is 11.5. The van der Waals surface area contributed by atoms with Crippen molar-refractivity contribution in [2.24, 2.45) is 5.73 Å². The average Bonchev–Trinajstić information content (AvgIpc) is 2.45. The third kappa shape index (κ3) is 5.47. The molecule has 0 fully saturated rings. The molecule has 0 spiro atoms. The summed E-state index contributed by atoms with van der Waals surface area (Å²) >= 11 is 0. The molecule has 0 atom stereocenters. The van der Waals surface area contributed by atoms with E-state index in [9.17, 15) is 4.79 Å². The lowest BCUT2D eigenvalue weighted by Crippen LogP contribution is -2.50. The number of hydrogen-bond donors (Lipinski definition) is 2. The minimum absolute atomic E-state index is 0.0806. The van der Waals surface area contributed by atoms with Crippen molar-refractivity contribution in [3.8, 4) is 11.5 Å². The molecule has 1 aromatic rings. The van der Waals surface area contributed by atoms with Gasteiger partial charge in [0.15, 0.2) is 18.1 Å². The summed E-state index contributed by atoms with van der Waals surface area (Å²) in [6, 6.07) is 5.55. The van der Waals surface area contributed by atoms with Crippen molar-refractivity contribution in [3.63, 3.8) is 0 Å². The second-order valence-electron chi connectivity index (χ2n) is 5.34. The zero-order chi connectivity index (χ0) is 15.9. The van der Waals surface area contributed by atoms with Crippen molar-refractivity contribution in [2.75, 3.05) is 20.3 Å². The molecule has 1 rings (SSSR count). The first-order valence-electron chi connectivity index (χ1n) is 6.86. The minimum atomic E-state index is -0.444. The van der Waals surface area contributed by atoms with Crippen LogP contribution in [0.15, 0.2) is 24.3 Å². The Labute approximate surface area is 126 Å². The number of hydrogen-bond acceptors (Lipinski definition) is 4. The quantitative estimate of drug-likeness (QED) is 0.805. The van der Waals surface area contributed by atoms with Gasteiger partial charge in [-0.05, 0) is 38.5 Å². The smallest absolute Gasteiger partial charge is 0.258 e. The van der Waals surface area contributed by atoms with E-state index in [1.807, 2.05) is 45.1 Å². The lowest BCUT2D eigenvalue weighted by atomic mass is 10.1. The van der Waals surface area contributed by atoms with Crippen LogP contribution in [0.4, 0.5) is 0 Å². The van der Waals surface area contributed by atoms with Gasteiger partial charge >= 0.3 is 0 Å². The van der Waals surface area contributed by atoms with Crippen LogP contribution in [-0.4, -0.2) is 31.7 Å². The maximum absolute atomic E-state index is 11.8. The Hall–Kier alpha value is -2.01. The number of nitrogens with two attached hydrogens (primary N) is 1. The van der Waals surface area contributed by atoms with E-state index in [4.69, 9.17) is 15.2 Å². The van der Waals surface area contributed by atoms with Crippen LogP contribution in [0.25, 0.3) is 6.08 Å². The van der Waals surface area contributed by atoms with Gasteiger partial charge in [0.2, 0.25) is 0 Å². The van der Waals surface area contributed by atoms with Crippen LogP contribution >= 0.6 is 0 Å². The molecule has 1 aromatic carbocycles. The van der Waals surface area contributed by atoms with Crippen molar-refractivity contribution < 1.29 is 14.3 Å². The van der Waals surface area contributed by atoms with Crippen molar-refractivity contribution in [1.82, 2.24) is 5.32 Å². The first-order chi connectivity index (χ1) is 9.91. The summed E-state index contributed by atoms with van der Waals surface area (Å²) in [5, 5.41) is 2.80. The molecule has 0 heterocycles. The van der Waals surface area contributed by atoms with Crippen LogP contribution in [0.5, 0.6) is 11.5 Å². The Balaban J connectivity index is 2.69. The maximum atomic E-state index is 11.8. The third-order valence-electron chi connectivity index (χ3n) is 2.89. The van der Waals surface area contributed by atoms with Gasteiger partial charge in [-0.25, -0.2) is 0 Å². The van der Waals surface area contributed by atoms with Crippen LogP contribution in [0.3, 0.4) is 0 Å². The van der Waals surface area contributed by atoms with Gasteiger partial charge in [-0.1, -0.05) is 18.2 Å². The van der Waals surface area contributed by atoms with Crippen LogP contribution in [-0.2, 0) is 4.79 Å². The molecule has 0 aliphatic rings. The van der Waals surface area contributed by atoms with Crippen molar-refractivity contribution in [3.05, 3.63) is 29.8 Å². The molecule has 3 N–H and O–H groups in total. The van der Waals surface area contributed by atoms with E-state index in [1.54, 1.807) is 13.2 Å². The zero-order valence-corrected chi connectivity index (χ0v) is 13.1. The molecule has 0 unspecified atom stereocenters. The Morgan fingerprint density at radius 3 is 2.67 bits per heavy atom. The Morgan fingerprint density at radius 2 is 2.10 bits per heavy atom. The molecule has 0 aliphatic carbocycles. The number of nitrogens with one attached hydrogen (secondary N) is 1. The van der Waals surface area contributed by atoms with E-state index in [-0.39, 0.29) is 12.5 Å². The van der Waals surface area contributed by atoms with Gasteiger partial charge in [-0.3, -0.25) is 4.79 Å². The van der Waals surface area contributed by atoms with Gasteiger partial charge in [0, 0.05) is 12.1 Å². The highest BCUT2D eigenvalue weighted by atomic mass is 16.5. The fourth-order valence-electron chi connectivity index (χ4n) is 1.71. The molecule has 0 radical (unpaired) electrons. The Bertz CT molecular complexity index is 510. The van der Waals surface area contributed by atoms with Gasteiger partial charge in [-0.2, -0.15) is 0 Å². The van der Waals surface area contributed by atoms with Crippen LogP contribution in [0, 0.1) is 0 Å². The van der Waals surface area contributed by atoms with E-state index in [0.717, 1.165) is 5.56 Å². The van der Waals surface area contributed by atoms with Gasteiger partial charge in [-0.15, -0.1) is 0 Å². The first-order valence-corrected chi connectivity index (χ1v) is 6.86. The van der Waals surface area contributed by atoms with Gasteiger partial charge in [0.1, 0.15) is 0 Å². The number of methoxy groups -OCH3 is 1. The van der Waals surface area contributed by atoms with Crippen LogP contribution in [0.1, 0.15) is 26.3 Å². The van der Waals surface area contributed by atoms with Crippen LogP contribution < -0.4 is 20.5 Å². The highest BCUT2D eigenvalue weighted by molar-refractivity contribution is 5.78. The maximum Gasteiger partial charge on any atom is 0.258 e. The largest absolute Gasteiger partial charge is 0.493 e. The summed E-state index contributed by atoms with van der Waals surface area (Å²) in [7, 11) is 1.57. The third-order valence-corrected chi connectivity index (χ3v) is 2.89. The van der Waals surface area contributed by atoms with E-state index in [1.165, 1.54) is 0 Å². The molecule has 0 saturated carbocycles. The average molecular weight is 292 g/mol. The summed E-state index contributed by atoms with van der Waals surface area (Å²) < 4.78 is 10.8. The predicted molar refractivity (Wildman–Crippen MR) is 84.5 cm³/mol. The van der Waals surface area contributed by atoms with Crippen molar-refractivity contribution >= 4 is 12.0 Å². The highest BCUT2D eigenvalue weighted by Gasteiger charge is 2.18. The molecule has 0 saturated heterocycles. The molecule has 0 aliphatic heterocycles. The molecule has 116 valence electrons. The lowest BCUT2D eigenvalue weighted by Gasteiger charge is -2.24. The molecule has 5 heteroatoms. The topological polar surface area (TPSA) is 73.6 Å². The van der Waals surface area contributed by atoms with Crippen LogP contribution in [0.2, 0.25) is 0 Å². The number of amides is 1. The number of allylic oxidation sites excluding steroid dienone is 1. The monoisotopic (exact) mass is 292 g/mol.